The monoisotopic (exact) mass is 707 g/mol. The van der Waals surface area contributed by atoms with E-state index in [1.54, 1.807) is 30.3 Å². The molecule has 4 N–H and O–H groups in total. The summed E-state index contributed by atoms with van der Waals surface area (Å²) in [7, 11) is 2.44. The highest BCUT2D eigenvalue weighted by Gasteiger charge is 2.35. The highest BCUT2D eigenvalue weighted by molar-refractivity contribution is 6.39. The number of phenolic OH excluding ortho intramolecular Hbond substituents is 2. The number of esters is 2. The second kappa shape index (κ2) is 13.7. The minimum absolute atomic E-state index is 0.0131. The molecule has 1 aliphatic rings. The van der Waals surface area contributed by atoms with E-state index >= 15 is 0 Å². The summed E-state index contributed by atoms with van der Waals surface area (Å²) in [6, 6.07) is 14.2. The summed E-state index contributed by atoms with van der Waals surface area (Å²) in [4.78, 5) is 55.5. The average molecular weight is 709 g/mol. The number of amides is 1. The van der Waals surface area contributed by atoms with Gasteiger partial charge in [-0.3, -0.25) is 10.1 Å². The number of imidazole rings is 1. The first kappa shape index (κ1) is 34.5. The number of carbonyl (C=O) groups is 4. The molecule has 0 fully saturated rings. The lowest BCUT2D eigenvalue weighted by Crippen LogP contribution is -2.11. The summed E-state index contributed by atoms with van der Waals surface area (Å²) < 4.78 is 20.4. The molecule has 0 aliphatic carbocycles. The molecule has 1 aromatic heterocycles. The van der Waals surface area contributed by atoms with Crippen LogP contribution in [0.1, 0.15) is 53.3 Å². The summed E-state index contributed by atoms with van der Waals surface area (Å²) in [5.74, 6) is -2.54. The molecule has 2 heterocycles. The number of fused-ring (bicyclic) bond motifs is 3. The fourth-order valence-corrected chi connectivity index (χ4v) is 5.46. The maximum atomic E-state index is 12.7. The van der Waals surface area contributed by atoms with Crippen LogP contribution in [0, 0.1) is 20.8 Å². The van der Waals surface area contributed by atoms with Crippen LogP contribution >= 0.6 is 23.2 Å². The van der Waals surface area contributed by atoms with Crippen LogP contribution in [0.15, 0.2) is 48.5 Å². The Labute approximate surface area is 288 Å². The van der Waals surface area contributed by atoms with Crippen molar-refractivity contribution < 1.29 is 48.3 Å². The number of H-pyrrole nitrogens is 1. The van der Waals surface area contributed by atoms with Gasteiger partial charge in [-0.05, 0) is 44.5 Å². The number of methoxy groups -OCH3 is 2. The van der Waals surface area contributed by atoms with Crippen molar-refractivity contribution in [2.75, 3.05) is 19.5 Å². The second-order valence-corrected chi connectivity index (χ2v) is 11.3. The highest BCUT2D eigenvalue weighted by Crippen LogP contribution is 2.52. The number of ketones is 1. The van der Waals surface area contributed by atoms with Crippen LogP contribution in [-0.2, 0) is 9.47 Å². The van der Waals surface area contributed by atoms with E-state index in [9.17, 15) is 29.4 Å². The van der Waals surface area contributed by atoms with E-state index in [2.05, 4.69) is 20.0 Å². The quantitative estimate of drug-likeness (QED) is 0.0827. The van der Waals surface area contributed by atoms with Gasteiger partial charge in [-0.15, -0.1) is 0 Å². The largest absolute Gasteiger partial charge is 0.507 e. The van der Waals surface area contributed by atoms with Crippen molar-refractivity contribution in [1.82, 2.24) is 9.97 Å². The lowest BCUT2D eigenvalue weighted by molar-refractivity contribution is 0.0595. The van der Waals surface area contributed by atoms with E-state index in [4.69, 9.17) is 37.4 Å². The van der Waals surface area contributed by atoms with Crippen LogP contribution < -0.4 is 14.8 Å². The third kappa shape index (κ3) is 6.41. The number of aromatic nitrogens is 2. The summed E-state index contributed by atoms with van der Waals surface area (Å²) in [5, 5.41) is 22.6. The Hall–Kier alpha value is -5.79. The zero-order valence-corrected chi connectivity index (χ0v) is 28.0. The lowest BCUT2D eigenvalue weighted by Gasteiger charge is -2.17. The number of nitrogens with one attached hydrogen (secondary N) is 2. The summed E-state index contributed by atoms with van der Waals surface area (Å²) in [5.41, 5.74) is 2.74. The second-order valence-electron chi connectivity index (χ2n) is 10.5. The van der Waals surface area contributed by atoms with Gasteiger partial charge in [0.25, 0.3) is 0 Å². The third-order valence-electron chi connectivity index (χ3n) is 7.58. The van der Waals surface area contributed by atoms with E-state index in [1.807, 2.05) is 18.2 Å². The Morgan fingerprint density at radius 2 is 1.49 bits per heavy atom. The number of phenols is 2. The molecule has 15 heteroatoms. The summed E-state index contributed by atoms with van der Waals surface area (Å²) >= 11 is 12.2. The highest BCUT2D eigenvalue weighted by atomic mass is 35.5. The van der Waals surface area contributed by atoms with Crippen LogP contribution in [0.5, 0.6) is 28.7 Å². The Morgan fingerprint density at radius 1 is 0.816 bits per heavy atom. The van der Waals surface area contributed by atoms with Crippen molar-refractivity contribution in [3.05, 3.63) is 97.5 Å². The standard InChI is InChI=1S/C18H14Cl2O7.C16H13N3O3/c1-5-9-16(11(20)13(22)10(5)19)26-14-6(2)8(17(23)25-4)12(21)7(3)15(14)27-18(9)24;1-22-16(21)19-15-17-12-8-7-11(9-13(12)18-15)14(20)10-5-3-2-4-6-10/h21-22H,1-4H3;2-9H,1H3,(H2,17,18,19,21). The first-order valence-corrected chi connectivity index (χ1v) is 15.0. The number of nitrogens with zero attached hydrogens (tertiary/aromatic N) is 1. The average Bonchev–Trinajstić information content (AvgIpc) is 3.43. The molecule has 0 saturated heterocycles. The molecule has 0 radical (unpaired) electrons. The number of hydrogen-bond acceptors (Lipinski definition) is 11. The minimum Gasteiger partial charge on any atom is -0.507 e. The zero-order valence-electron chi connectivity index (χ0n) is 26.5. The van der Waals surface area contributed by atoms with Crippen LogP contribution in [-0.4, -0.2) is 58.2 Å². The molecule has 1 amide bonds. The molecule has 13 nitrogen and oxygen atoms in total. The molecule has 0 bridgehead atoms. The van der Waals surface area contributed by atoms with Gasteiger partial charge in [-0.1, -0.05) is 53.5 Å². The van der Waals surface area contributed by atoms with Gasteiger partial charge < -0.3 is 34.1 Å². The van der Waals surface area contributed by atoms with Gasteiger partial charge in [0.15, 0.2) is 28.8 Å². The van der Waals surface area contributed by atoms with Gasteiger partial charge >= 0.3 is 18.0 Å². The van der Waals surface area contributed by atoms with Crippen LogP contribution in [0.25, 0.3) is 11.0 Å². The van der Waals surface area contributed by atoms with Crippen LogP contribution in [0.2, 0.25) is 10.0 Å². The topological polar surface area (TPSA) is 186 Å². The molecule has 6 rings (SSSR count). The zero-order chi connectivity index (χ0) is 35.7. The molecule has 0 spiro atoms. The van der Waals surface area contributed by atoms with Crippen LogP contribution in [0.3, 0.4) is 0 Å². The summed E-state index contributed by atoms with van der Waals surface area (Å²) in [6.07, 6.45) is -0.611. The fourth-order valence-electron chi connectivity index (χ4n) is 5.00. The molecule has 49 heavy (non-hydrogen) atoms. The molecule has 0 unspecified atom stereocenters. The number of anilines is 1. The fraction of sp³-hybridized carbons (Fsp3) is 0.147. The van der Waals surface area contributed by atoms with Gasteiger partial charge in [-0.2, -0.15) is 0 Å². The van der Waals surface area contributed by atoms with E-state index in [0.717, 1.165) is 0 Å². The predicted molar refractivity (Wildman–Crippen MR) is 179 cm³/mol. The Morgan fingerprint density at radius 3 is 2.14 bits per heavy atom. The maximum Gasteiger partial charge on any atom is 0.413 e. The van der Waals surface area contributed by atoms with Crippen molar-refractivity contribution in [3.63, 3.8) is 0 Å². The van der Waals surface area contributed by atoms with Crippen molar-refractivity contribution in [2.24, 2.45) is 0 Å². The number of aromatic amines is 1. The normalized spacial score (nSPS) is 11.5. The minimum atomic E-state index is -0.835. The van der Waals surface area contributed by atoms with Gasteiger partial charge in [0.2, 0.25) is 5.95 Å². The van der Waals surface area contributed by atoms with Crippen molar-refractivity contribution in [2.45, 2.75) is 20.8 Å². The molecule has 4 aromatic carbocycles. The molecule has 0 saturated carbocycles. The Balaban J connectivity index is 0.000000195. The Bertz CT molecular complexity index is 2180. The van der Waals surface area contributed by atoms with E-state index in [0.29, 0.717) is 22.2 Å². The smallest absolute Gasteiger partial charge is 0.413 e. The lowest BCUT2D eigenvalue weighted by atomic mass is 10.0. The first-order valence-electron chi connectivity index (χ1n) is 14.3. The SMILES string of the molecule is COC(=O)Nc1nc2ccc(C(=O)c3ccccc3)cc2[nH]1.COC(=O)c1c(C)c2c(c(C)c1O)OC(=O)c1c(C)c(Cl)c(O)c(Cl)c1O2. The number of benzene rings is 4. The predicted octanol–water partition coefficient (Wildman–Crippen LogP) is 7.41. The third-order valence-corrected chi connectivity index (χ3v) is 8.39. The molecule has 252 valence electrons. The van der Waals surface area contributed by atoms with Gasteiger partial charge in [0.1, 0.15) is 21.9 Å². The van der Waals surface area contributed by atoms with Crippen molar-refractivity contribution in [3.8, 4) is 28.7 Å². The summed E-state index contributed by atoms with van der Waals surface area (Å²) in [6.45, 7) is 4.43. The first-order chi connectivity index (χ1) is 23.3. The van der Waals surface area contributed by atoms with E-state index < -0.39 is 29.5 Å². The van der Waals surface area contributed by atoms with Gasteiger partial charge in [-0.25, -0.2) is 19.4 Å². The number of aromatic hydroxyl groups is 2. The van der Waals surface area contributed by atoms with Crippen molar-refractivity contribution >= 4 is 64.0 Å². The number of carbonyl (C=O) groups excluding carboxylic acids is 4. The number of ether oxygens (including phenoxy) is 4. The molecule has 0 atom stereocenters. The molecule has 5 aromatic rings. The molecule has 1 aliphatic heterocycles. The maximum absolute atomic E-state index is 12.7. The number of halogens is 2. The van der Waals surface area contributed by atoms with Gasteiger partial charge in [0, 0.05) is 22.3 Å². The van der Waals surface area contributed by atoms with Crippen molar-refractivity contribution in [1.29, 1.82) is 0 Å². The van der Waals surface area contributed by atoms with E-state index in [-0.39, 0.29) is 66.8 Å². The number of rotatable bonds is 4. The van der Waals surface area contributed by atoms with Crippen LogP contribution in [0.4, 0.5) is 10.7 Å². The van der Waals surface area contributed by atoms with Gasteiger partial charge in [0.05, 0.1) is 30.3 Å². The number of hydrogen-bond donors (Lipinski definition) is 4. The van der Waals surface area contributed by atoms with E-state index in [1.165, 1.54) is 35.0 Å². The molecular weight excluding hydrogens is 681 g/mol. The molecular formula is C34H27Cl2N3O10. The Kier molecular flexibility index (Phi) is 9.69.